The van der Waals surface area contributed by atoms with Crippen molar-refractivity contribution in [3.8, 4) is 0 Å². The van der Waals surface area contributed by atoms with Crippen molar-refractivity contribution in [2.45, 2.75) is 38.9 Å². The van der Waals surface area contributed by atoms with Gasteiger partial charge < -0.3 is 14.7 Å². The third kappa shape index (κ3) is 3.97. The largest absolute Gasteiger partial charge is 0.445 e. The molecule has 1 N–H and O–H groups in total. The zero-order chi connectivity index (χ0) is 14.6. The first-order chi connectivity index (χ1) is 9.47. The lowest BCUT2D eigenvalue weighted by atomic mass is 9.84. The molecule has 4 nitrogen and oxygen atoms in total. The molecule has 1 amide bonds. The molecule has 1 aromatic carbocycles. The van der Waals surface area contributed by atoms with Crippen LogP contribution in [0.3, 0.4) is 0 Å². The standard InChI is InChI=1S/C16H23NO3/c1-16(2,19)14-9-6-10-17(11-14)15(18)20-12-13-7-4-3-5-8-13/h3-5,7-8,14,19H,6,9-12H2,1-2H3. The number of hydrogen-bond acceptors (Lipinski definition) is 3. The fourth-order valence-corrected chi connectivity index (χ4v) is 2.53. The number of likely N-dealkylation sites (tertiary alicyclic amines) is 1. The molecule has 0 bridgehead atoms. The van der Waals surface area contributed by atoms with Gasteiger partial charge in [-0.15, -0.1) is 0 Å². The van der Waals surface area contributed by atoms with Crippen molar-refractivity contribution in [3.63, 3.8) is 0 Å². The van der Waals surface area contributed by atoms with Crippen molar-refractivity contribution >= 4 is 6.09 Å². The fraction of sp³-hybridized carbons (Fsp3) is 0.562. The number of amides is 1. The molecule has 1 aliphatic rings. The van der Waals surface area contributed by atoms with Gasteiger partial charge in [0.25, 0.3) is 0 Å². The first-order valence-electron chi connectivity index (χ1n) is 7.15. The molecule has 0 radical (unpaired) electrons. The van der Waals surface area contributed by atoms with Crippen LogP contribution in [-0.4, -0.2) is 34.8 Å². The summed E-state index contributed by atoms with van der Waals surface area (Å²) in [5, 5.41) is 10.1. The van der Waals surface area contributed by atoms with E-state index in [1.807, 2.05) is 30.3 Å². The second-order valence-corrected chi connectivity index (χ2v) is 5.98. The van der Waals surface area contributed by atoms with Crippen LogP contribution in [0.15, 0.2) is 30.3 Å². The third-order valence-electron chi connectivity index (χ3n) is 3.88. The predicted octanol–water partition coefficient (Wildman–Crippen LogP) is 2.81. The van der Waals surface area contributed by atoms with Crippen LogP contribution in [0, 0.1) is 5.92 Å². The molecule has 1 heterocycles. The Morgan fingerprint density at radius 1 is 1.40 bits per heavy atom. The summed E-state index contributed by atoms with van der Waals surface area (Å²) in [6.07, 6.45) is 1.57. The lowest BCUT2D eigenvalue weighted by molar-refractivity contribution is -0.0183. The van der Waals surface area contributed by atoms with Gasteiger partial charge in [0.2, 0.25) is 0 Å². The van der Waals surface area contributed by atoms with Crippen LogP contribution in [0.5, 0.6) is 0 Å². The fourth-order valence-electron chi connectivity index (χ4n) is 2.53. The van der Waals surface area contributed by atoms with E-state index in [0.29, 0.717) is 19.7 Å². The molecule has 1 saturated heterocycles. The monoisotopic (exact) mass is 277 g/mol. The van der Waals surface area contributed by atoms with Crippen LogP contribution >= 0.6 is 0 Å². The molecule has 1 unspecified atom stereocenters. The van der Waals surface area contributed by atoms with Gasteiger partial charge in [-0.05, 0) is 32.3 Å². The van der Waals surface area contributed by atoms with Gasteiger partial charge in [0, 0.05) is 19.0 Å². The van der Waals surface area contributed by atoms with Crippen molar-refractivity contribution in [2.24, 2.45) is 5.92 Å². The van der Waals surface area contributed by atoms with E-state index in [1.54, 1.807) is 18.7 Å². The zero-order valence-corrected chi connectivity index (χ0v) is 12.2. The molecule has 1 aliphatic heterocycles. The lowest BCUT2D eigenvalue weighted by Crippen LogP contribution is -2.47. The minimum atomic E-state index is -0.752. The van der Waals surface area contributed by atoms with Gasteiger partial charge >= 0.3 is 6.09 Å². The summed E-state index contributed by atoms with van der Waals surface area (Å²) in [6, 6.07) is 9.65. The normalized spacial score (nSPS) is 19.8. The summed E-state index contributed by atoms with van der Waals surface area (Å²) >= 11 is 0. The molecule has 0 aliphatic carbocycles. The van der Waals surface area contributed by atoms with E-state index >= 15 is 0 Å². The zero-order valence-electron chi connectivity index (χ0n) is 12.2. The highest BCUT2D eigenvalue weighted by Gasteiger charge is 2.33. The Morgan fingerprint density at radius 2 is 2.10 bits per heavy atom. The number of carbonyl (C=O) groups is 1. The quantitative estimate of drug-likeness (QED) is 0.924. The average molecular weight is 277 g/mol. The number of hydrogen-bond donors (Lipinski definition) is 1. The van der Waals surface area contributed by atoms with Gasteiger partial charge in [-0.1, -0.05) is 30.3 Å². The van der Waals surface area contributed by atoms with Crippen LogP contribution in [0.4, 0.5) is 4.79 Å². The van der Waals surface area contributed by atoms with E-state index in [0.717, 1.165) is 18.4 Å². The molecule has 0 saturated carbocycles. The van der Waals surface area contributed by atoms with Gasteiger partial charge in [0.1, 0.15) is 6.61 Å². The van der Waals surface area contributed by atoms with Crippen molar-refractivity contribution in [1.29, 1.82) is 0 Å². The molecule has 1 fully saturated rings. The molecular weight excluding hydrogens is 254 g/mol. The maximum absolute atomic E-state index is 12.1. The minimum Gasteiger partial charge on any atom is -0.445 e. The van der Waals surface area contributed by atoms with Gasteiger partial charge in [0.05, 0.1) is 5.60 Å². The van der Waals surface area contributed by atoms with Crippen LogP contribution in [0.2, 0.25) is 0 Å². The van der Waals surface area contributed by atoms with Gasteiger partial charge in [0.15, 0.2) is 0 Å². The molecular formula is C16H23NO3. The maximum Gasteiger partial charge on any atom is 0.410 e. The van der Waals surface area contributed by atoms with E-state index in [2.05, 4.69) is 0 Å². The predicted molar refractivity (Wildman–Crippen MR) is 77.2 cm³/mol. The number of benzene rings is 1. The number of piperidine rings is 1. The summed E-state index contributed by atoms with van der Waals surface area (Å²) in [5.41, 5.74) is 0.232. The first kappa shape index (κ1) is 14.9. The number of carbonyl (C=O) groups excluding carboxylic acids is 1. The van der Waals surface area contributed by atoms with Crippen molar-refractivity contribution < 1.29 is 14.6 Å². The van der Waals surface area contributed by atoms with Crippen LogP contribution < -0.4 is 0 Å². The van der Waals surface area contributed by atoms with Gasteiger partial charge in [-0.3, -0.25) is 0 Å². The van der Waals surface area contributed by atoms with E-state index in [-0.39, 0.29) is 12.0 Å². The first-order valence-corrected chi connectivity index (χ1v) is 7.15. The molecule has 1 atom stereocenters. The Labute approximate surface area is 120 Å². The number of ether oxygens (including phenoxy) is 1. The van der Waals surface area contributed by atoms with E-state index in [4.69, 9.17) is 4.74 Å². The lowest BCUT2D eigenvalue weighted by Gasteiger charge is -2.38. The van der Waals surface area contributed by atoms with E-state index in [9.17, 15) is 9.90 Å². The highest BCUT2D eigenvalue weighted by Crippen LogP contribution is 2.27. The Kier molecular flexibility index (Phi) is 4.65. The topological polar surface area (TPSA) is 49.8 Å². The molecule has 1 aromatic rings. The average Bonchev–Trinajstić information content (AvgIpc) is 2.45. The second-order valence-electron chi connectivity index (χ2n) is 5.98. The Morgan fingerprint density at radius 3 is 2.75 bits per heavy atom. The summed E-state index contributed by atoms with van der Waals surface area (Å²) in [6.45, 7) is 5.17. The smallest absolute Gasteiger partial charge is 0.410 e. The Balaban J connectivity index is 1.86. The Bertz CT molecular complexity index is 439. The highest BCUT2D eigenvalue weighted by atomic mass is 16.6. The third-order valence-corrected chi connectivity index (χ3v) is 3.88. The van der Waals surface area contributed by atoms with Crippen molar-refractivity contribution in [2.75, 3.05) is 13.1 Å². The molecule has 2 rings (SSSR count). The number of aliphatic hydroxyl groups is 1. The van der Waals surface area contributed by atoms with Crippen LogP contribution in [0.25, 0.3) is 0 Å². The number of rotatable bonds is 3. The SMILES string of the molecule is CC(C)(O)C1CCCN(C(=O)OCc2ccccc2)C1. The highest BCUT2D eigenvalue weighted by molar-refractivity contribution is 5.67. The summed E-state index contributed by atoms with van der Waals surface area (Å²) < 4.78 is 5.33. The molecule has 4 heteroatoms. The van der Waals surface area contributed by atoms with E-state index in [1.165, 1.54) is 0 Å². The van der Waals surface area contributed by atoms with Crippen molar-refractivity contribution in [1.82, 2.24) is 4.90 Å². The molecule has 20 heavy (non-hydrogen) atoms. The molecule has 110 valence electrons. The maximum atomic E-state index is 12.1. The van der Waals surface area contributed by atoms with Crippen molar-refractivity contribution in [3.05, 3.63) is 35.9 Å². The molecule has 0 spiro atoms. The summed E-state index contributed by atoms with van der Waals surface area (Å²) in [5.74, 6) is 0.112. The van der Waals surface area contributed by atoms with E-state index < -0.39 is 5.60 Å². The van der Waals surface area contributed by atoms with Gasteiger partial charge in [-0.2, -0.15) is 0 Å². The van der Waals surface area contributed by atoms with Gasteiger partial charge in [-0.25, -0.2) is 4.79 Å². The summed E-state index contributed by atoms with van der Waals surface area (Å²) in [7, 11) is 0. The second kappa shape index (κ2) is 6.27. The minimum absolute atomic E-state index is 0.112. The summed E-state index contributed by atoms with van der Waals surface area (Å²) in [4.78, 5) is 13.8. The van der Waals surface area contributed by atoms with Crippen LogP contribution in [-0.2, 0) is 11.3 Å². The molecule has 0 aromatic heterocycles. The van der Waals surface area contributed by atoms with Crippen LogP contribution in [0.1, 0.15) is 32.3 Å². The Hall–Kier alpha value is -1.55. The number of nitrogens with zero attached hydrogens (tertiary/aromatic N) is 1.